The van der Waals surface area contributed by atoms with Gasteiger partial charge in [0, 0.05) is 6.07 Å². The van der Waals surface area contributed by atoms with E-state index in [1.165, 1.54) is 17.1 Å². The average molecular weight is 383 g/mol. The number of amides is 1. The molecule has 26 heavy (non-hydrogen) atoms. The molecule has 0 aliphatic carbocycles. The molecule has 0 saturated heterocycles. The normalized spacial score (nSPS) is 11.2. The Balaban J connectivity index is 1.73. The summed E-state index contributed by atoms with van der Waals surface area (Å²) >= 11 is 5.88. The summed E-state index contributed by atoms with van der Waals surface area (Å²) in [6.07, 6.45) is -3.46. The fraction of sp³-hybridized carbons (Fsp3) is 0.0625. The molecule has 6 nitrogen and oxygen atoms in total. The fourth-order valence-corrected chi connectivity index (χ4v) is 2.26. The zero-order chi connectivity index (χ0) is 18.7. The van der Waals surface area contributed by atoms with Gasteiger partial charge in [-0.15, -0.1) is 18.3 Å². The highest BCUT2D eigenvalue weighted by Gasteiger charge is 2.31. The van der Waals surface area contributed by atoms with Crippen molar-refractivity contribution in [2.24, 2.45) is 0 Å². The molecule has 0 bridgehead atoms. The highest BCUT2D eigenvalue weighted by molar-refractivity contribution is 6.34. The number of hydrogen-bond donors (Lipinski definition) is 1. The predicted octanol–water partition coefficient (Wildman–Crippen LogP) is 4.07. The average Bonchev–Trinajstić information content (AvgIpc) is 3.07. The molecule has 134 valence electrons. The zero-order valence-electron chi connectivity index (χ0n) is 12.9. The number of nitrogens with zero attached hydrogens (tertiary/aromatic N) is 3. The van der Waals surface area contributed by atoms with E-state index in [1.807, 2.05) is 6.07 Å². The van der Waals surface area contributed by atoms with Crippen LogP contribution in [0, 0.1) is 0 Å². The number of para-hydroxylation sites is 1. The minimum atomic E-state index is -4.83. The standard InChI is InChI=1S/C16H10ClF3N4O2/c17-12-8-11(26-16(18,19)20)6-7-13(12)22-15(25)14-21-9-24(23-14)10-4-2-1-3-5-10/h1-9H,(H,22,25). The molecule has 3 rings (SSSR count). The summed E-state index contributed by atoms with van der Waals surface area (Å²) in [4.78, 5) is 16.1. The number of ether oxygens (including phenoxy) is 1. The molecular formula is C16H10ClF3N4O2. The van der Waals surface area contributed by atoms with Gasteiger partial charge in [-0.05, 0) is 24.3 Å². The number of carbonyl (C=O) groups is 1. The van der Waals surface area contributed by atoms with Gasteiger partial charge in [0.05, 0.1) is 16.4 Å². The minimum absolute atomic E-state index is 0.0993. The van der Waals surface area contributed by atoms with Crippen molar-refractivity contribution in [1.29, 1.82) is 0 Å². The topological polar surface area (TPSA) is 69.0 Å². The van der Waals surface area contributed by atoms with Crippen LogP contribution in [0.1, 0.15) is 10.6 Å². The van der Waals surface area contributed by atoms with Crippen LogP contribution in [-0.4, -0.2) is 27.0 Å². The lowest BCUT2D eigenvalue weighted by Gasteiger charge is -2.11. The molecule has 0 saturated carbocycles. The first-order chi connectivity index (χ1) is 12.3. The maximum absolute atomic E-state index is 12.2. The second kappa shape index (κ2) is 7.04. The van der Waals surface area contributed by atoms with E-state index in [2.05, 4.69) is 20.1 Å². The molecule has 3 aromatic rings. The smallest absolute Gasteiger partial charge is 0.406 e. The Hall–Kier alpha value is -3.07. The Kier molecular flexibility index (Phi) is 4.81. The van der Waals surface area contributed by atoms with E-state index in [-0.39, 0.29) is 16.5 Å². The molecule has 1 heterocycles. The summed E-state index contributed by atoms with van der Waals surface area (Å²) in [7, 11) is 0. The maximum Gasteiger partial charge on any atom is 0.573 e. The summed E-state index contributed by atoms with van der Waals surface area (Å²) in [6.45, 7) is 0. The van der Waals surface area contributed by atoms with Gasteiger partial charge in [0.25, 0.3) is 5.91 Å². The monoisotopic (exact) mass is 382 g/mol. The van der Waals surface area contributed by atoms with Crippen LogP contribution in [0.15, 0.2) is 54.9 Å². The molecule has 0 spiro atoms. The molecule has 10 heteroatoms. The van der Waals surface area contributed by atoms with Gasteiger partial charge in [0.2, 0.25) is 5.82 Å². The molecule has 1 amide bonds. The van der Waals surface area contributed by atoms with Crippen molar-refractivity contribution < 1.29 is 22.7 Å². The number of anilines is 1. The number of alkyl halides is 3. The van der Waals surface area contributed by atoms with Gasteiger partial charge in [-0.25, -0.2) is 9.67 Å². The molecule has 0 fully saturated rings. The Bertz CT molecular complexity index is 929. The quantitative estimate of drug-likeness (QED) is 0.738. The van der Waals surface area contributed by atoms with Crippen LogP contribution >= 0.6 is 11.6 Å². The number of carbonyl (C=O) groups excluding carboxylic acids is 1. The highest BCUT2D eigenvalue weighted by atomic mass is 35.5. The van der Waals surface area contributed by atoms with Gasteiger partial charge in [-0.2, -0.15) is 0 Å². The molecule has 0 unspecified atom stereocenters. The Morgan fingerprint density at radius 1 is 1.15 bits per heavy atom. The van der Waals surface area contributed by atoms with Crippen molar-refractivity contribution in [3.63, 3.8) is 0 Å². The van der Waals surface area contributed by atoms with Crippen molar-refractivity contribution >= 4 is 23.2 Å². The second-order valence-electron chi connectivity index (χ2n) is 4.99. The van der Waals surface area contributed by atoms with Gasteiger partial charge < -0.3 is 10.1 Å². The van der Waals surface area contributed by atoms with E-state index in [1.54, 1.807) is 24.3 Å². The molecule has 0 aliphatic rings. The Morgan fingerprint density at radius 3 is 2.54 bits per heavy atom. The van der Waals surface area contributed by atoms with Gasteiger partial charge in [-0.1, -0.05) is 29.8 Å². The third-order valence-corrected chi connectivity index (χ3v) is 3.45. The van der Waals surface area contributed by atoms with E-state index in [0.717, 1.165) is 12.1 Å². The summed E-state index contributed by atoms with van der Waals surface area (Å²) in [6, 6.07) is 12.2. The van der Waals surface area contributed by atoms with E-state index in [0.29, 0.717) is 5.69 Å². The van der Waals surface area contributed by atoms with E-state index in [4.69, 9.17) is 11.6 Å². The van der Waals surface area contributed by atoms with Gasteiger partial charge in [0.15, 0.2) is 0 Å². The third kappa shape index (κ3) is 4.31. The minimum Gasteiger partial charge on any atom is -0.406 e. The predicted molar refractivity (Wildman–Crippen MR) is 87.4 cm³/mol. The van der Waals surface area contributed by atoms with Crippen LogP contribution in [0.2, 0.25) is 5.02 Å². The molecule has 0 radical (unpaired) electrons. The molecule has 1 N–H and O–H groups in total. The lowest BCUT2D eigenvalue weighted by atomic mass is 10.3. The number of aromatic nitrogens is 3. The summed E-state index contributed by atoms with van der Waals surface area (Å²) in [5.74, 6) is -1.28. The number of rotatable bonds is 4. The van der Waals surface area contributed by atoms with Crippen molar-refractivity contribution in [2.45, 2.75) is 6.36 Å². The molecular weight excluding hydrogens is 373 g/mol. The van der Waals surface area contributed by atoms with Crippen molar-refractivity contribution in [3.8, 4) is 11.4 Å². The van der Waals surface area contributed by atoms with Crippen molar-refractivity contribution in [3.05, 3.63) is 65.7 Å². The first-order valence-electron chi connectivity index (χ1n) is 7.15. The molecule has 1 aromatic heterocycles. The van der Waals surface area contributed by atoms with E-state index in [9.17, 15) is 18.0 Å². The molecule has 0 atom stereocenters. The van der Waals surface area contributed by atoms with Gasteiger partial charge >= 0.3 is 6.36 Å². The molecule has 0 aliphatic heterocycles. The lowest BCUT2D eigenvalue weighted by Crippen LogP contribution is -2.17. The summed E-state index contributed by atoms with van der Waals surface area (Å²) in [5, 5.41) is 6.36. The van der Waals surface area contributed by atoms with Crippen LogP contribution in [0.25, 0.3) is 5.69 Å². The highest BCUT2D eigenvalue weighted by Crippen LogP contribution is 2.30. The number of hydrogen-bond acceptors (Lipinski definition) is 4. The van der Waals surface area contributed by atoms with Crippen molar-refractivity contribution in [2.75, 3.05) is 5.32 Å². The lowest BCUT2D eigenvalue weighted by molar-refractivity contribution is -0.274. The first kappa shape index (κ1) is 17.7. The molecule has 2 aromatic carbocycles. The number of nitrogens with one attached hydrogen (secondary N) is 1. The fourth-order valence-electron chi connectivity index (χ4n) is 2.04. The van der Waals surface area contributed by atoms with Crippen LogP contribution in [0.5, 0.6) is 5.75 Å². The maximum atomic E-state index is 12.2. The third-order valence-electron chi connectivity index (χ3n) is 3.14. The number of halogens is 4. The number of benzene rings is 2. The Morgan fingerprint density at radius 2 is 1.88 bits per heavy atom. The zero-order valence-corrected chi connectivity index (χ0v) is 13.6. The second-order valence-corrected chi connectivity index (χ2v) is 5.40. The van der Waals surface area contributed by atoms with E-state index < -0.39 is 18.0 Å². The van der Waals surface area contributed by atoms with Crippen LogP contribution in [0.3, 0.4) is 0 Å². The van der Waals surface area contributed by atoms with Gasteiger partial charge in [0.1, 0.15) is 12.1 Å². The van der Waals surface area contributed by atoms with Crippen LogP contribution in [0.4, 0.5) is 18.9 Å². The first-order valence-corrected chi connectivity index (χ1v) is 7.53. The largest absolute Gasteiger partial charge is 0.573 e. The van der Waals surface area contributed by atoms with Crippen molar-refractivity contribution in [1.82, 2.24) is 14.8 Å². The van der Waals surface area contributed by atoms with Crippen LogP contribution < -0.4 is 10.1 Å². The van der Waals surface area contributed by atoms with Gasteiger partial charge in [-0.3, -0.25) is 4.79 Å². The van der Waals surface area contributed by atoms with E-state index >= 15 is 0 Å². The van der Waals surface area contributed by atoms with Crippen LogP contribution in [-0.2, 0) is 0 Å². The Labute approximate surface area is 150 Å². The summed E-state index contributed by atoms with van der Waals surface area (Å²) < 4.78 is 41.7. The SMILES string of the molecule is O=C(Nc1ccc(OC(F)(F)F)cc1Cl)c1ncn(-c2ccccc2)n1. The summed E-state index contributed by atoms with van der Waals surface area (Å²) in [5.41, 5.74) is 0.813.